The lowest BCUT2D eigenvalue weighted by Crippen LogP contribution is -2.26. The van der Waals surface area contributed by atoms with Gasteiger partial charge in [0.2, 0.25) is 0 Å². The van der Waals surface area contributed by atoms with Crippen LogP contribution in [0.5, 0.6) is 5.06 Å². The lowest BCUT2D eigenvalue weighted by Gasteiger charge is -2.28. The number of thiophene rings is 1. The van der Waals surface area contributed by atoms with E-state index in [1.54, 1.807) is 0 Å². The van der Waals surface area contributed by atoms with Gasteiger partial charge in [0.25, 0.3) is 6.47 Å². The van der Waals surface area contributed by atoms with Crippen LogP contribution in [0.1, 0.15) is 36.2 Å². The van der Waals surface area contributed by atoms with Crippen LogP contribution in [0.25, 0.3) is 0 Å². The minimum Gasteiger partial charge on any atom is -0.417 e. The third-order valence-corrected chi connectivity index (χ3v) is 5.09. The van der Waals surface area contributed by atoms with Crippen molar-refractivity contribution in [3.05, 3.63) is 11.1 Å². The molecule has 0 saturated carbocycles. The molecule has 0 spiro atoms. The third-order valence-electron chi connectivity index (χ3n) is 2.85. The van der Waals surface area contributed by atoms with E-state index in [0.717, 1.165) is 21.8 Å². The van der Waals surface area contributed by atoms with E-state index in [4.69, 9.17) is 4.74 Å². The van der Waals surface area contributed by atoms with E-state index in [2.05, 4.69) is 13.8 Å². The van der Waals surface area contributed by atoms with Crippen LogP contribution in [-0.2, 0) is 11.2 Å². The van der Waals surface area contributed by atoms with Gasteiger partial charge in [-0.1, -0.05) is 25.2 Å². The van der Waals surface area contributed by atoms with Gasteiger partial charge >= 0.3 is 0 Å². The molecule has 5 heteroatoms. The number of carbonyl (C=O) groups is 2. The number of Topliss-reactive ketones (excluding diaryl/α,β-unsaturated/α-hetero) is 1. The Balaban J connectivity index is 2.55. The van der Waals surface area contributed by atoms with Gasteiger partial charge in [0, 0.05) is 17.5 Å². The fourth-order valence-corrected chi connectivity index (χ4v) is 4.11. The second-order valence-corrected chi connectivity index (χ2v) is 6.95. The van der Waals surface area contributed by atoms with Gasteiger partial charge in [0.05, 0.1) is 4.21 Å². The molecule has 0 N–H and O–H groups in total. The molecule has 0 amide bonds. The van der Waals surface area contributed by atoms with Crippen molar-refractivity contribution in [1.29, 1.82) is 0 Å². The molecule has 1 heterocycles. The zero-order valence-electron chi connectivity index (χ0n) is 10.0. The lowest BCUT2D eigenvalue weighted by molar-refractivity contribution is -0.120. The van der Waals surface area contributed by atoms with Gasteiger partial charge in [-0.05, 0) is 18.1 Å². The van der Waals surface area contributed by atoms with E-state index in [1.165, 1.54) is 23.1 Å². The average Bonchev–Trinajstić information content (AvgIpc) is 2.55. The van der Waals surface area contributed by atoms with Crippen LogP contribution in [0, 0.1) is 5.41 Å². The maximum Gasteiger partial charge on any atom is 0.299 e. The largest absolute Gasteiger partial charge is 0.417 e. The average molecular weight is 270 g/mol. The van der Waals surface area contributed by atoms with Gasteiger partial charge in [-0.25, -0.2) is 0 Å². The normalized spacial score (nSPS) is 17.7. The van der Waals surface area contributed by atoms with E-state index in [-0.39, 0.29) is 11.2 Å². The molecule has 0 unspecified atom stereocenters. The van der Waals surface area contributed by atoms with E-state index < -0.39 is 0 Å². The van der Waals surface area contributed by atoms with E-state index in [1.807, 2.05) is 6.26 Å². The molecule has 92 valence electrons. The smallest absolute Gasteiger partial charge is 0.299 e. The predicted octanol–water partition coefficient (Wildman–Crippen LogP) is 3.16. The summed E-state index contributed by atoms with van der Waals surface area (Å²) < 4.78 is 5.96. The van der Waals surface area contributed by atoms with E-state index in [0.29, 0.717) is 18.0 Å². The Morgan fingerprint density at radius 3 is 2.71 bits per heavy atom. The highest BCUT2D eigenvalue weighted by atomic mass is 32.2. The van der Waals surface area contributed by atoms with Gasteiger partial charge in [-0.2, -0.15) is 0 Å². The molecule has 1 aromatic rings. The van der Waals surface area contributed by atoms with Crippen LogP contribution in [-0.4, -0.2) is 18.5 Å². The first-order valence-electron chi connectivity index (χ1n) is 5.31. The maximum atomic E-state index is 12.1. The first-order valence-corrected chi connectivity index (χ1v) is 7.36. The van der Waals surface area contributed by atoms with Crippen molar-refractivity contribution in [2.24, 2.45) is 5.41 Å². The van der Waals surface area contributed by atoms with Crippen LogP contribution in [0.15, 0.2) is 4.21 Å². The minimum atomic E-state index is -0.0537. The van der Waals surface area contributed by atoms with Crippen molar-refractivity contribution in [3.8, 4) is 5.06 Å². The van der Waals surface area contributed by atoms with Crippen molar-refractivity contribution in [2.75, 3.05) is 6.26 Å². The number of fused-ring (bicyclic) bond motifs is 1. The summed E-state index contributed by atoms with van der Waals surface area (Å²) in [6.45, 7) is 4.56. The molecule has 0 saturated heterocycles. The highest BCUT2D eigenvalue weighted by Crippen LogP contribution is 2.47. The van der Waals surface area contributed by atoms with Gasteiger partial charge in [0.15, 0.2) is 10.8 Å². The number of ketones is 1. The Labute approximate surface area is 109 Å². The molecule has 0 radical (unpaired) electrons. The maximum absolute atomic E-state index is 12.1. The summed E-state index contributed by atoms with van der Waals surface area (Å²) in [6.07, 6.45) is 3.28. The Morgan fingerprint density at radius 2 is 2.12 bits per heavy atom. The second kappa shape index (κ2) is 4.46. The molecule has 1 aromatic heterocycles. The van der Waals surface area contributed by atoms with E-state index in [9.17, 15) is 9.59 Å². The van der Waals surface area contributed by atoms with Crippen molar-refractivity contribution < 1.29 is 14.3 Å². The Bertz CT molecular complexity index is 474. The molecule has 0 aromatic carbocycles. The SMILES string of the molecule is CSc1sc(OC=O)c2c1C(=O)CC(C)(C)C2. The number of rotatable bonds is 3. The number of ether oxygens (including phenoxy) is 1. The Hall–Kier alpha value is -0.810. The predicted molar refractivity (Wildman–Crippen MR) is 69.2 cm³/mol. The highest BCUT2D eigenvalue weighted by Gasteiger charge is 2.36. The van der Waals surface area contributed by atoms with Crippen LogP contribution in [0.4, 0.5) is 0 Å². The summed E-state index contributed by atoms with van der Waals surface area (Å²) >= 11 is 2.93. The Kier molecular flexibility index (Phi) is 3.32. The summed E-state index contributed by atoms with van der Waals surface area (Å²) in [5.74, 6) is 0.164. The monoisotopic (exact) mass is 270 g/mol. The van der Waals surface area contributed by atoms with Crippen molar-refractivity contribution >= 4 is 35.4 Å². The van der Waals surface area contributed by atoms with Gasteiger partial charge in [0.1, 0.15) is 0 Å². The van der Waals surface area contributed by atoms with Crippen LogP contribution >= 0.6 is 23.1 Å². The fourth-order valence-electron chi connectivity index (χ4n) is 2.21. The molecule has 0 aliphatic heterocycles. The van der Waals surface area contributed by atoms with Gasteiger partial charge in [-0.3, -0.25) is 9.59 Å². The summed E-state index contributed by atoms with van der Waals surface area (Å²) in [5.41, 5.74) is 1.63. The zero-order chi connectivity index (χ0) is 12.6. The molecule has 3 nitrogen and oxygen atoms in total. The summed E-state index contributed by atoms with van der Waals surface area (Å²) in [5, 5.41) is 0.584. The van der Waals surface area contributed by atoms with Crippen molar-refractivity contribution in [3.63, 3.8) is 0 Å². The molecule has 0 bridgehead atoms. The molecule has 2 rings (SSSR count). The van der Waals surface area contributed by atoms with Gasteiger partial charge in [-0.15, -0.1) is 11.8 Å². The first-order chi connectivity index (χ1) is 7.98. The first kappa shape index (κ1) is 12.6. The molecule has 0 atom stereocenters. The topological polar surface area (TPSA) is 43.4 Å². The summed E-state index contributed by atoms with van der Waals surface area (Å²) in [6, 6.07) is 0. The standard InChI is InChI=1S/C12H14O3S2/c1-12(2)4-7-9(8(14)5-12)11(16-3)17-10(7)15-6-13/h6H,4-5H2,1-3H3. The number of thioether (sulfide) groups is 1. The minimum absolute atomic E-state index is 0.0537. The third kappa shape index (κ3) is 2.26. The molecule has 0 fully saturated rings. The quantitative estimate of drug-likeness (QED) is 0.625. The van der Waals surface area contributed by atoms with Gasteiger partial charge < -0.3 is 4.74 Å². The van der Waals surface area contributed by atoms with Crippen LogP contribution in [0.3, 0.4) is 0 Å². The lowest BCUT2D eigenvalue weighted by atomic mass is 9.75. The van der Waals surface area contributed by atoms with E-state index >= 15 is 0 Å². The Morgan fingerprint density at radius 1 is 1.41 bits per heavy atom. The number of carbonyl (C=O) groups excluding carboxylic acids is 2. The fraction of sp³-hybridized carbons (Fsp3) is 0.500. The molecule has 1 aliphatic rings. The van der Waals surface area contributed by atoms with Crippen molar-refractivity contribution in [1.82, 2.24) is 0 Å². The molecule has 1 aliphatic carbocycles. The number of hydrogen-bond donors (Lipinski definition) is 0. The molecule has 17 heavy (non-hydrogen) atoms. The summed E-state index contributed by atoms with van der Waals surface area (Å²) in [4.78, 5) is 22.6. The highest BCUT2D eigenvalue weighted by molar-refractivity contribution is 8.00. The van der Waals surface area contributed by atoms with Crippen molar-refractivity contribution in [2.45, 2.75) is 30.9 Å². The zero-order valence-corrected chi connectivity index (χ0v) is 11.7. The molecular weight excluding hydrogens is 256 g/mol. The van der Waals surface area contributed by atoms with Crippen LogP contribution in [0.2, 0.25) is 0 Å². The molecular formula is C12H14O3S2. The number of hydrogen-bond acceptors (Lipinski definition) is 5. The van der Waals surface area contributed by atoms with Crippen LogP contribution < -0.4 is 4.74 Å². The second-order valence-electron chi connectivity index (χ2n) is 4.89. The summed E-state index contributed by atoms with van der Waals surface area (Å²) in [7, 11) is 0.